The second-order valence-corrected chi connectivity index (χ2v) is 17.4. The summed E-state index contributed by atoms with van der Waals surface area (Å²) >= 11 is 0. The topological polar surface area (TPSA) is 37.4 Å². The standard InChI is InChI=1S/C30H30NOSi.C14H13N2O/c1-30(2,3)31-22-24-14-13-21-28(29(24)32-23-31)33(25-15-7-4-8-16-25,26-17-9-5-10-18-26)27-19-11-6-12-20-27;1-11-5-4-6-12-9-16(10-17-14(11)12)13-7-2-3-8-15-13/h4-22H,23H2,1-3H3;2-9H,10H2,1H3/q2*+1. The largest absolute Gasteiger partial charge is 0.453 e. The van der Waals surface area contributed by atoms with Gasteiger partial charge in [-0.05, 0) is 77.2 Å². The number of hydrogen-bond acceptors (Lipinski definition) is 3. The van der Waals surface area contributed by atoms with Crippen molar-refractivity contribution in [2.24, 2.45) is 0 Å². The minimum absolute atomic E-state index is 0.000498. The molecule has 2 aliphatic heterocycles. The van der Waals surface area contributed by atoms with Gasteiger partial charge in [0.2, 0.25) is 6.73 Å². The Labute approximate surface area is 296 Å². The smallest absolute Gasteiger partial charge is 0.325 e. The molecule has 2 aliphatic rings. The average molecular weight is 674 g/mol. The van der Waals surface area contributed by atoms with Gasteiger partial charge in [-0.15, -0.1) is 0 Å². The van der Waals surface area contributed by atoms with Crippen molar-refractivity contribution < 1.29 is 18.6 Å². The van der Waals surface area contributed by atoms with Crippen molar-refractivity contribution in [3.05, 3.63) is 168 Å². The summed E-state index contributed by atoms with van der Waals surface area (Å²) in [5.41, 5.74) is 3.41. The van der Waals surface area contributed by atoms with Crippen molar-refractivity contribution in [2.75, 3.05) is 13.5 Å². The van der Waals surface area contributed by atoms with Crippen LogP contribution < -0.4 is 30.2 Å². The van der Waals surface area contributed by atoms with Gasteiger partial charge < -0.3 is 9.47 Å². The van der Waals surface area contributed by atoms with E-state index >= 15 is 0 Å². The first-order chi connectivity index (χ1) is 24.4. The van der Waals surface area contributed by atoms with Crippen LogP contribution in [0.25, 0.3) is 0 Å². The highest BCUT2D eigenvalue weighted by molar-refractivity contribution is 7.20. The second kappa shape index (κ2) is 14.1. The van der Waals surface area contributed by atoms with Crippen molar-refractivity contribution in [1.82, 2.24) is 4.98 Å². The maximum absolute atomic E-state index is 6.59. The number of nitrogens with zero attached hydrogens (tertiary/aromatic N) is 3. The van der Waals surface area contributed by atoms with Crippen LogP contribution in [0.2, 0.25) is 0 Å². The van der Waals surface area contributed by atoms with E-state index in [2.05, 4.69) is 171 Å². The van der Waals surface area contributed by atoms with Crippen LogP contribution in [0.3, 0.4) is 0 Å². The molecule has 5 aromatic carbocycles. The summed E-state index contributed by atoms with van der Waals surface area (Å²) in [5.74, 6) is 2.89. The highest BCUT2D eigenvalue weighted by Crippen LogP contribution is 2.26. The number of hydrogen-bond donors (Lipinski definition) is 0. The van der Waals surface area contributed by atoms with E-state index in [-0.39, 0.29) is 5.54 Å². The fourth-order valence-corrected chi connectivity index (χ4v) is 11.8. The van der Waals surface area contributed by atoms with Gasteiger partial charge in [0.1, 0.15) is 23.9 Å². The molecule has 5 nitrogen and oxygen atoms in total. The molecular formula is C44H43N3O2Si+2. The zero-order valence-electron chi connectivity index (χ0n) is 29.2. The van der Waals surface area contributed by atoms with Crippen molar-refractivity contribution in [3.63, 3.8) is 0 Å². The fraction of sp³-hybridized carbons (Fsp3) is 0.159. The minimum Gasteiger partial charge on any atom is -0.453 e. The first-order valence-corrected chi connectivity index (χ1v) is 19.1. The Morgan fingerprint density at radius 2 is 1.10 bits per heavy atom. The van der Waals surface area contributed by atoms with Gasteiger partial charge in [-0.1, -0.05) is 121 Å². The molecule has 0 radical (unpaired) electrons. The number of para-hydroxylation sites is 2. The van der Waals surface area contributed by atoms with E-state index in [4.69, 9.17) is 9.47 Å². The molecule has 3 heterocycles. The van der Waals surface area contributed by atoms with Gasteiger partial charge in [-0.25, -0.2) is 0 Å². The maximum atomic E-state index is 6.59. The van der Waals surface area contributed by atoms with Crippen LogP contribution in [0, 0.1) is 6.92 Å². The Balaban J connectivity index is 0.000000193. The lowest BCUT2D eigenvalue weighted by atomic mass is 10.1. The molecule has 0 aliphatic carbocycles. The maximum Gasteiger partial charge on any atom is 0.325 e. The third-order valence-corrected chi connectivity index (χ3v) is 14.2. The molecule has 8 rings (SSSR count). The number of aryl methyl sites for hydroxylation is 1. The summed E-state index contributed by atoms with van der Waals surface area (Å²) in [6.45, 7) is 9.78. The van der Waals surface area contributed by atoms with Crippen molar-refractivity contribution >= 4 is 47.1 Å². The molecular weight excluding hydrogens is 631 g/mol. The van der Waals surface area contributed by atoms with Crippen molar-refractivity contribution in [2.45, 2.75) is 33.2 Å². The summed E-state index contributed by atoms with van der Waals surface area (Å²) in [6, 6.07) is 51.7. The average Bonchev–Trinajstić information content (AvgIpc) is 3.16. The molecule has 50 heavy (non-hydrogen) atoms. The van der Waals surface area contributed by atoms with E-state index in [1.807, 2.05) is 28.8 Å². The molecule has 1 aromatic heterocycles. The van der Waals surface area contributed by atoms with E-state index in [1.165, 1.54) is 26.3 Å². The fourth-order valence-electron chi connectivity index (χ4n) is 6.84. The van der Waals surface area contributed by atoms with Gasteiger partial charge in [-0.3, -0.25) is 0 Å². The minimum atomic E-state index is -2.61. The molecule has 6 heteroatoms. The Morgan fingerprint density at radius 1 is 0.560 bits per heavy atom. The van der Waals surface area contributed by atoms with Gasteiger partial charge in [0.05, 0.1) is 11.1 Å². The molecule has 0 fully saturated rings. The van der Waals surface area contributed by atoms with Gasteiger partial charge in [-0.2, -0.15) is 9.15 Å². The van der Waals surface area contributed by atoms with Crippen LogP contribution in [0.5, 0.6) is 11.5 Å². The van der Waals surface area contributed by atoms with Crippen LogP contribution in [0.1, 0.15) is 37.5 Å². The number of benzene rings is 5. The van der Waals surface area contributed by atoms with Gasteiger partial charge >= 0.3 is 5.82 Å². The summed E-state index contributed by atoms with van der Waals surface area (Å²) in [4.78, 5) is 4.31. The Hall–Kier alpha value is -5.59. The Kier molecular flexibility index (Phi) is 9.29. The number of aromatic nitrogens is 1. The normalized spacial score (nSPS) is 13.6. The predicted molar refractivity (Wildman–Crippen MR) is 207 cm³/mol. The van der Waals surface area contributed by atoms with E-state index in [0.717, 1.165) is 28.4 Å². The number of fused-ring (bicyclic) bond motifs is 2. The molecule has 0 N–H and O–H groups in total. The number of pyridine rings is 1. The van der Waals surface area contributed by atoms with Gasteiger partial charge in [0.15, 0.2) is 19.8 Å². The Morgan fingerprint density at radius 3 is 1.66 bits per heavy atom. The number of rotatable bonds is 5. The Bertz CT molecular complexity index is 2050. The lowest BCUT2D eigenvalue weighted by molar-refractivity contribution is -0.619. The molecule has 0 amide bonds. The van der Waals surface area contributed by atoms with Crippen molar-refractivity contribution in [3.8, 4) is 11.5 Å². The third-order valence-electron chi connectivity index (χ3n) is 9.40. The molecule has 248 valence electrons. The summed E-state index contributed by atoms with van der Waals surface area (Å²) in [6.07, 6.45) is 6.13. The molecule has 0 atom stereocenters. The summed E-state index contributed by atoms with van der Waals surface area (Å²) in [5, 5.41) is 5.38. The zero-order valence-corrected chi connectivity index (χ0v) is 30.2. The number of ether oxygens (including phenoxy) is 2. The first-order valence-electron chi connectivity index (χ1n) is 17.1. The van der Waals surface area contributed by atoms with Crippen LogP contribution >= 0.6 is 0 Å². The third kappa shape index (κ3) is 6.42. The molecule has 0 saturated carbocycles. The molecule has 0 unspecified atom stereocenters. The molecule has 0 saturated heterocycles. The summed E-state index contributed by atoms with van der Waals surface area (Å²) < 4.78 is 16.6. The van der Waals surface area contributed by atoms with E-state index < -0.39 is 8.07 Å². The van der Waals surface area contributed by atoms with Crippen LogP contribution in [0.15, 0.2) is 152 Å². The predicted octanol–water partition coefficient (Wildman–Crippen LogP) is 6.15. The highest BCUT2D eigenvalue weighted by Gasteiger charge is 2.45. The summed E-state index contributed by atoms with van der Waals surface area (Å²) in [7, 11) is -2.61. The lowest BCUT2D eigenvalue weighted by Gasteiger charge is -2.36. The van der Waals surface area contributed by atoms with Gasteiger partial charge in [0.25, 0.3) is 6.73 Å². The van der Waals surface area contributed by atoms with Crippen LogP contribution in [-0.4, -0.2) is 53.6 Å². The SMILES string of the molecule is CC(C)(C)[N+]1=Cc2cccc([Si](c3ccccc3)(c3ccccc3)c3ccccc3)c2OC1.Cc1cccc2c1OC[N+](c1ccccn1)=C2. The monoisotopic (exact) mass is 673 g/mol. The van der Waals surface area contributed by atoms with E-state index in [0.29, 0.717) is 13.5 Å². The van der Waals surface area contributed by atoms with E-state index in [9.17, 15) is 0 Å². The highest BCUT2D eigenvalue weighted by atomic mass is 28.3. The van der Waals surface area contributed by atoms with Crippen LogP contribution in [0.4, 0.5) is 5.82 Å². The molecule has 6 aromatic rings. The quantitative estimate of drug-likeness (QED) is 0.125. The van der Waals surface area contributed by atoms with E-state index in [1.54, 1.807) is 6.20 Å². The zero-order chi connectivity index (χ0) is 34.6. The van der Waals surface area contributed by atoms with Gasteiger partial charge in [0, 0.05) is 6.07 Å². The molecule has 0 spiro atoms. The molecule has 0 bridgehead atoms. The van der Waals surface area contributed by atoms with Crippen LogP contribution in [-0.2, 0) is 0 Å². The lowest BCUT2D eigenvalue weighted by Crippen LogP contribution is -2.75. The first kappa shape index (κ1) is 32.9. The second-order valence-electron chi connectivity index (χ2n) is 13.7. The van der Waals surface area contributed by atoms with Crippen molar-refractivity contribution in [1.29, 1.82) is 0 Å².